The van der Waals surface area contributed by atoms with Crippen LogP contribution in [0.15, 0.2) is 6.07 Å². The van der Waals surface area contributed by atoms with Gasteiger partial charge in [-0.15, -0.1) is 0 Å². The number of hydrogen-bond donors (Lipinski definition) is 1. The average molecular weight is 344 g/mol. The van der Waals surface area contributed by atoms with Gasteiger partial charge in [-0.25, -0.2) is 0 Å². The molecule has 138 valence electrons. The van der Waals surface area contributed by atoms with Gasteiger partial charge in [-0.3, -0.25) is 4.79 Å². The molecule has 0 atom stereocenters. The Bertz CT molecular complexity index is 626. The molecular formula is C21H33N3O. The van der Waals surface area contributed by atoms with E-state index in [1.54, 1.807) is 0 Å². The van der Waals surface area contributed by atoms with Crippen LogP contribution in [0, 0.1) is 19.3 Å². The van der Waals surface area contributed by atoms with Crippen LogP contribution in [-0.2, 0) is 0 Å². The molecule has 0 unspecified atom stereocenters. The maximum atomic E-state index is 13.2. The molecule has 1 aromatic heterocycles. The molecule has 0 aromatic carbocycles. The summed E-state index contributed by atoms with van der Waals surface area (Å²) in [5.41, 5.74) is 3.87. The van der Waals surface area contributed by atoms with Crippen molar-refractivity contribution in [2.24, 2.45) is 5.41 Å². The normalized spacial score (nSPS) is 24.2. The number of aryl methyl sites for hydroxylation is 1. The van der Waals surface area contributed by atoms with E-state index in [1.165, 1.54) is 49.9 Å². The van der Waals surface area contributed by atoms with E-state index in [1.807, 2.05) is 0 Å². The first-order chi connectivity index (χ1) is 12.1. The largest absolute Gasteiger partial charge is 0.345 e. The van der Waals surface area contributed by atoms with Crippen LogP contribution in [0.1, 0.15) is 79.2 Å². The smallest absolute Gasteiger partial charge is 0.255 e. The van der Waals surface area contributed by atoms with Crippen LogP contribution in [0.2, 0.25) is 0 Å². The first kappa shape index (κ1) is 17.1. The summed E-state index contributed by atoms with van der Waals surface area (Å²) in [7, 11) is 0. The number of hydrogen-bond acceptors (Lipinski definition) is 2. The SMILES string of the molecule is Cc1cc(C(=O)N2CCC3(CCNC3)CC2)c(C)n1C1CCCCC1. The zero-order valence-electron chi connectivity index (χ0n) is 15.9. The van der Waals surface area contributed by atoms with E-state index in [0.717, 1.165) is 44.6 Å². The second kappa shape index (κ2) is 6.79. The van der Waals surface area contributed by atoms with Gasteiger partial charge in [0.05, 0.1) is 5.56 Å². The van der Waals surface area contributed by atoms with Crippen molar-refractivity contribution in [1.82, 2.24) is 14.8 Å². The van der Waals surface area contributed by atoms with E-state index in [0.29, 0.717) is 11.5 Å². The van der Waals surface area contributed by atoms with Crippen molar-refractivity contribution in [2.75, 3.05) is 26.2 Å². The van der Waals surface area contributed by atoms with Crippen LogP contribution in [-0.4, -0.2) is 41.6 Å². The molecule has 1 N–H and O–H groups in total. The molecule has 1 amide bonds. The molecule has 25 heavy (non-hydrogen) atoms. The summed E-state index contributed by atoms with van der Waals surface area (Å²) in [6, 6.07) is 2.75. The van der Waals surface area contributed by atoms with Gasteiger partial charge in [0, 0.05) is 37.1 Å². The highest BCUT2D eigenvalue weighted by atomic mass is 16.2. The van der Waals surface area contributed by atoms with Gasteiger partial charge < -0.3 is 14.8 Å². The van der Waals surface area contributed by atoms with Crippen LogP contribution >= 0.6 is 0 Å². The molecule has 1 spiro atoms. The van der Waals surface area contributed by atoms with E-state index in [-0.39, 0.29) is 5.91 Å². The molecule has 1 aromatic rings. The summed E-state index contributed by atoms with van der Waals surface area (Å²) >= 11 is 0. The standard InChI is InChI=1S/C21H33N3O/c1-16-14-19(17(2)24(16)18-6-4-3-5-7-18)20(25)23-12-9-21(10-13-23)8-11-22-15-21/h14,18,22H,3-13,15H2,1-2H3. The predicted molar refractivity (Wildman–Crippen MR) is 101 cm³/mol. The lowest BCUT2D eigenvalue weighted by molar-refractivity contribution is 0.0606. The molecule has 4 heteroatoms. The number of nitrogens with zero attached hydrogens (tertiary/aromatic N) is 2. The van der Waals surface area contributed by atoms with E-state index in [2.05, 4.69) is 34.7 Å². The van der Waals surface area contributed by atoms with Gasteiger partial charge in [0.2, 0.25) is 0 Å². The van der Waals surface area contributed by atoms with Crippen molar-refractivity contribution in [3.05, 3.63) is 23.0 Å². The number of piperidine rings is 1. The van der Waals surface area contributed by atoms with E-state index < -0.39 is 0 Å². The fourth-order valence-electron chi connectivity index (χ4n) is 5.47. The maximum absolute atomic E-state index is 13.2. The molecule has 2 aliphatic heterocycles. The minimum Gasteiger partial charge on any atom is -0.345 e. The van der Waals surface area contributed by atoms with Gasteiger partial charge in [0.15, 0.2) is 0 Å². The third kappa shape index (κ3) is 3.14. The van der Waals surface area contributed by atoms with Crippen LogP contribution in [0.5, 0.6) is 0 Å². The summed E-state index contributed by atoms with van der Waals surface area (Å²) in [5, 5.41) is 3.51. The van der Waals surface area contributed by atoms with Gasteiger partial charge in [-0.2, -0.15) is 0 Å². The van der Waals surface area contributed by atoms with Crippen LogP contribution in [0.3, 0.4) is 0 Å². The monoisotopic (exact) mass is 343 g/mol. The lowest BCUT2D eigenvalue weighted by atomic mass is 9.78. The average Bonchev–Trinajstić information content (AvgIpc) is 3.20. The molecule has 1 saturated carbocycles. The molecule has 4 nitrogen and oxygen atoms in total. The number of rotatable bonds is 2. The Balaban J connectivity index is 1.49. The summed E-state index contributed by atoms with van der Waals surface area (Å²) in [6.45, 7) is 8.47. The second-order valence-electron chi connectivity index (χ2n) is 8.67. The number of carbonyl (C=O) groups excluding carboxylic acids is 1. The number of carbonyl (C=O) groups is 1. The number of nitrogens with one attached hydrogen (secondary N) is 1. The highest BCUT2D eigenvalue weighted by Crippen LogP contribution is 2.38. The predicted octanol–water partition coefficient (Wildman–Crippen LogP) is 3.83. The Morgan fingerprint density at radius 3 is 2.48 bits per heavy atom. The quantitative estimate of drug-likeness (QED) is 0.886. The van der Waals surface area contributed by atoms with Gasteiger partial charge in [-0.1, -0.05) is 19.3 Å². The Morgan fingerprint density at radius 2 is 1.84 bits per heavy atom. The molecule has 0 bridgehead atoms. The Labute approximate surface area is 152 Å². The van der Waals surface area contributed by atoms with E-state index in [4.69, 9.17) is 0 Å². The van der Waals surface area contributed by atoms with Crippen LogP contribution in [0.25, 0.3) is 0 Å². The number of amides is 1. The fourth-order valence-corrected chi connectivity index (χ4v) is 5.47. The maximum Gasteiger partial charge on any atom is 0.255 e. The van der Waals surface area contributed by atoms with Gasteiger partial charge in [0.1, 0.15) is 0 Å². The zero-order chi connectivity index (χ0) is 17.4. The molecule has 3 heterocycles. The van der Waals surface area contributed by atoms with Crippen molar-refractivity contribution in [3.8, 4) is 0 Å². The molecule has 1 aliphatic carbocycles. The zero-order valence-corrected chi connectivity index (χ0v) is 15.9. The van der Waals surface area contributed by atoms with Crippen molar-refractivity contribution < 1.29 is 4.79 Å². The molecular weight excluding hydrogens is 310 g/mol. The first-order valence-electron chi connectivity index (χ1n) is 10.3. The minimum absolute atomic E-state index is 0.260. The summed E-state index contributed by atoms with van der Waals surface area (Å²) in [4.78, 5) is 15.3. The lowest BCUT2D eigenvalue weighted by Gasteiger charge is -2.39. The summed E-state index contributed by atoms with van der Waals surface area (Å²) < 4.78 is 2.46. The van der Waals surface area contributed by atoms with Crippen molar-refractivity contribution >= 4 is 5.91 Å². The van der Waals surface area contributed by atoms with Crippen molar-refractivity contribution in [2.45, 2.75) is 71.3 Å². The highest BCUT2D eigenvalue weighted by molar-refractivity contribution is 5.95. The molecule has 4 rings (SSSR count). The van der Waals surface area contributed by atoms with Crippen LogP contribution < -0.4 is 5.32 Å². The Kier molecular flexibility index (Phi) is 4.65. The highest BCUT2D eigenvalue weighted by Gasteiger charge is 2.38. The summed E-state index contributed by atoms with van der Waals surface area (Å²) in [5.74, 6) is 0.260. The second-order valence-corrected chi connectivity index (χ2v) is 8.67. The number of aromatic nitrogens is 1. The Hall–Kier alpha value is -1.29. The third-order valence-electron chi connectivity index (χ3n) is 7.10. The van der Waals surface area contributed by atoms with Crippen molar-refractivity contribution in [1.29, 1.82) is 0 Å². The fraction of sp³-hybridized carbons (Fsp3) is 0.762. The molecule has 3 aliphatic rings. The molecule has 3 fully saturated rings. The van der Waals surface area contributed by atoms with Crippen LogP contribution in [0.4, 0.5) is 0 Å². The van der Waals surface area contributed by atoms with E-state index in [9.17, 15) is 4.79 Å². The number of likely N-dealkylation sites (tertiary alicyclic amines) is 1. The van der Waals surface area contributed by atoms with Gasteiger partial charge in [-0.05, 0) is 64.0 Å². The molecule has 0 radical (unpaired) electrons. The lowest BCUT2D eigenvalue weighted by Crippen LogP contribution is -2.44. The Morgan fingerprint density at radius 1 is 1.12 bits per heavy atom. The van der Waals surface area contributed by atoms with Gasteiger partial charge >= 0.3 is 0 Å². The topological polar surface area (TPSA) is 37.3 Å². The third-order valence-corrected chi connectivity index (χ3v) is 7.10. The molecule has 2 saturated heterocycles. The van der Waals surface area contributed by atoms with Crippen molar-refractivity contribution in [3.63, 3.8) is 0 Å². The minimum atomic E-state index is 0.260. The van der Waals surface area contributed by atoms with E-state index >= 15 is 0 Å². The summed E-state index contributed by atoms with van der Waals surface area (Å²) in [6.07, 6.45) is 10.2. The first-order valence-corrected chi connectivity index (χ1v) is 10.3. The van der Waals surface area contributed by atoms with Gasteiger partial charge in [0.25, 0.3) is 5.91 Å².